The van der Waals surface area contributed by atoms with Gasteiger partial charge in [-0.2, -0.15) is 0 Å². The summed E-state index contributed by atoms with van der Waals surface area (Å²) in [5.41, 5.74) is 2.02. The molecule has 2 aromatic rings. The molecule has 0 radical (unpaired) electrons. The van der Waals surface area contributed by atoms with Crippen LogP contribution in [0.2, 0.25) is 5.02 Å². The number of aromatic nitrogens is 1. The monoisotopic (exact) mass is 332 g/mol. The van der Waals surface area contributed by atoms with Gasteiger partial charge in [0.15, 0.2) is 0 Å². The van der Waals surface area contributed by atoms with E-state index in [9.17, 15) is 10.2 Å². The smallest absolute Gasteiger partial charge is 0.0802 e. The molecule has 1 saturated heterocycles. The van der Waals surface area contributed by atoms with Crippen LogP contribution in [0.25, 0.3) is 10.9 Å². The molecule has 5 heteroatoms. The molecule has 2 heterocycles. The van der Waals surface area contributed by atoms with Gasteiger partial charge in [0.2, 0.25) is 0 Å². The van der Waals surface area contributed by atoms with Gasteiger partial charge >= 0.3 is 0 Å². The minimum absolute atomic E-state index is 0.493. The van der Waals surface area contributed by atoms with Crippen LogP contribution < -0.4 is 0 Å². The summed E-state index contributed by atoms with van der Waals surface area (Å²) in [5, 5.41) is 21.5. The number of pyridine rings is 1. The minimum Gasteiger partial charge on any atom is -0.390 e. The molecule has 23 heavy (non-hydrogen) atoms. The predicted octanol–water partition coefficient (Wildman–Crippen LogP) is 2.45. The van der Waals surface area contributed by atoms with E-state index in [-0.39, 0.29) is 0 Å². The number of fused-ring (bicyclic) bond motifs is 2. The number of hydrogen-bond acceptors (Lipinski definition) is 4. The quantitative estimate of drug-likeness (QED) is 0.887. The van der Waals surface area contributed by atoms with Gasteiger partial charge < -0.3 is 10.2 Å². The number of rotatable bonds is 2. The zero-order chi connectivity index (χ0) is 16.0. The fourth-order valence-corrected chi connectivity index (χ4v) is 4.27. The van der Waals surface area contributed by atoms with Gasteiger partial charge in [-0.1, -0.05) is 17.7 Å². The highest BCUT2D eigenvalue weighted by atomic mass is 35.5. The summed E-state index contributed by atoms with van der Waals surface area (Å²) in [6, 6.07) is 9.89. The molecule has 4 nitrogen and oxygen atoms in total. The number of hydrogen-bond donors (Lipinski definition) is 2. The van der Waals surface area contributed by atoms with E-state index in [4.69, 9.17) is 16.6 Å². The maximum absolute atomic E-state index is 9.85. The van der Waals surface area contributed by atoms with Gasteiger partial charge in [-0.25, -0.2) is 0 Å². The Morgan fingerprint density at radius 1 is 1.04 bits per heavy atom. The summed E-state index contributed by atoms with van der Waals surface area (Å²) in [6.07, 6.45) is 0.317. The Hall–Kier alpha value is -1.20. The van der Waals surface area contributed by atoms with Gasteiger partial charge in [-0.15, -0.1) is 0 Å². The van der Waals surface area contributed by atoms with Gasteiger partial charge in [0.1, 0.15) is 0 Å². The Bertz CT molecular complexity index is 705. The molecule has 122 valence electrons. The van der Waals surface area contributed by atoms with Crippen LogP contribution >= 0.6 is 11.6 Å². The molecule has 1 aliphatic carbocycles. The SMILES string of the molecule is O[C@@H]1C[C@H]2CN(Cc3ccc4cc(Cl)ccc4n3)C[C@H]2C[C@@H]1O. The van der Waals surface area contributed by atoms with Crippen LogP contribution in [0, 0.1) is 11.8 Å². The van der Waals surface area contributed by atoms with Crippen LogP contribution in [-0.2, 0) is 6.54 Å². The fraction of sp³-hybridized carbons (Fsp3) is 0.500. The summed E-state index contributed by atoms with van der Waals surface area (Å²) < 4.78 is 0. The molecule has 0 unspecified atom stereocenters. The van der Waals surface area contributed by atoms with Crippen LogP contribution in [0.1, 0.15) is 18.5 Å². The number of halogens is 1. The first kappa shape index (κ1) is 15.3. The Morgan fingerprint density at radius 2 is 1.74 bits per heavy atom. The second-order valence-corrected chi connectivity index (χ2v) is 7.40. The van der Waals surface area contributed by atoms with E-state index in [1.54, 1.807) is 0 Å². The standard InChI is InChI=1S/C18H21ClN2O2/c19-14-2-4-16-11(5-14)1-3-15(20-16)10-21-8-12-6-17(22)18(23)7-13(12)9-21/h1-5,12-13,17-18,22-23H,6-10H2/t12-,13+,17+,18-. The van der Waals surface area contributed by atoms with E-state index < -0.39 is 12.2 Å². The van der Waals surface area contributed by atoms with Crippen LogP contribution in [0.5, 0.6) is 0 Å². The minimum atomic E-state index is -0.556. The highest BCUT2D eigenvalue weighted by molar-refractivity contribution is 6.31. The van der Waals surface area contributed by atoms with Crippen molar-refractivity contribution in [2.24, 2.45) is 11.8 Å². The first-order chi connectivity index (χ1) is 11.1. The van der Waals surface area contributed by atoms with Crippen molar-refractivity contribution in [3.8, 4) is 0 Å². The molecule has 4 rings (SSSR count). The molecule has 4 atom stereocenters. The summed E-state index contributed by atoms with van der Waals surface area (Å²) in [6.45, 7) is 2.78. The predicted molar refractivity (Wildman–Crippen MR) is 90.3 cm³/mol. The molecule has 2 fully saturated rings. The number of nitrogens with zero attached hydrogens (tertiary/aromatic N) is 2. The maximum Gasteiger partial charge on any atom is 0.0802 e. The highest BCUT2D eigenvalue weighted by Gasteiger charge is 2.40. The van der Waals surface area contributed by atoms with Gasteiger partial charge in [0, 0.05) is 30.0 Å². The van der Waals surface area contributed by atoms with E-state index >= 15 is 0 Å². The molecule has 1 saturated carbocycles. The summed E-state index contributed by atoms with van der Waals surface area (Å²) in [5.74, 6) is 0.986. The zero-order valence-corrected chi connectivity index (χ0v) is 13.7. The third kappa shape index (κ3) is 3.09. The topological polar surface area (TPSA) is 56.6 Å². The number of likely N-dealkylation sites (tertiary alicyclic amines) is 1. The van der Waals surface area contributed by atoms with Crippen LogP contribution in [0.3, 0.4) is 0 Å². The van der Waals surface area contributed by atoms with Crippen molar-refractivity contribution in [1.29, 1.82) is 0 Å². The van der Waals surface area contributed by atoms with Gasteiger partial charge in [-0.05, 0) is 48.9 Å². The largest absolute Gasteiger partial charge is 0.390 e. The second-order valence-electron chi connectivity index (χ2n) is 6.96. The Labute approximate surface area is 140 Å². The number of benzene rings is 1. The van der Waals surface area contributed by atoms with Crippen molar-refractivity contribution < 1.29 is 10.2 Å². The summed E-state index contributed by atoms with van der Waals surface area (Å²) >= 11 is 6.01. The summed E-state index contributed by atoms with van der Waals surface area (Å²) in [7, 11) is 0. The van der Waals surface area contributed by atoms with Crippen molar-refractivity contribution in [3.05, 3.63) is 41.0 Å². The normalized spacial score (nSPS) is 31.4. The molecule has 2 aliphatic rings. The lowest BCUT2D eigenvalue weighted by atomic mass is 9.79. The molecule has 2 N–H and O–H groups in total. The zero-order valence-electron chi connectivity index (χ0n) is 12.9. The van der Waals surface area contributed by atoms with Gasteiger partial charge in [0.05, 0.1) is 23.4 Å². The third-order valence-corrected chi connectivity index (χ3v) is 5.51. The average molecular weight is 333 g/mol. The van der Waals surface area contributed by atoms with Crippen LogP contribution in [0.15, 0.2) is 30.3 Å². The van der Waals surface area contributed by atoms with Crippen molar-refractivity contribution in [1.82, 2.24) is 9.88 Å². The third-order valence-electron chi connectivity index (χ3n) is 5.28. The Balaban J connectivity index is 1.47. The van der Waals surface area contributed by atoms with Crippen molar-refractivity contribution in [2.45, 2.75) is 31.6 Å². The lowest BCUT2D eigenvalue weighted by molar-refractivity contribution is -0.0372. The van der Waals surface area contributed by atoms with E-state index in [1.807, 2.05) is 18.2 Å². The van der Waals surface area contributed by atoms with Crippen LogP contribution in [-0.4, -0.2) is 45.4 Å². The Kier molecular flexibility index (Phi) is 4.01. The van der Waals surface area contributed by atoms with Crippen molar-refractivity contribution in [3.63, 3.8) is 0 Å². The fourth-order valence-electron chi connectivity index (χ4n) is 4.09. The van der Waals surface area contributed by atoms with Crippen molar-refractivity contribution >= 4 is 22.5 Å². The lowest BCUT2D eigenvalue weighted by Crippen LogP contribution is -2.38. The van der Waals surface area contributed by atoms with E-state index in [0.29, 0.717) is 24.7 Å². The molecule has 1 aliphatic heterocycles. The lowest BCUT2D eigenvalue weighted by Gasteiger charge is -2.32. The molecular weight excluding hydrogens is 312 g/mol. The van der Waals surface area contributed by atoms with Crippen molar-refractivity contribution in [2.75, 3.05) is 13.1 Å². The van der Waals surface area contributed by atoms with E-state index in [1.165, 1.54) is 0 Å². The highest BCUT2D eigenvalue weighted by Crippen LogP contribution is 2.37. The molecular formula is C18H21ClN2O2. The van der Waals surface area contributed by atoms with E-state index in [0.717, 1.165) is 41.3 Å². The Morgan fingerprint density at radius 3 is 2.43 bits per heavy atom. The molecule has 1 aromatic carbocycles. The van der Waals surface area contributed by atoms with Crippen LogP contribution in [0.4, 0.5) is 0 Å². The molecule has 1 aromatic heterocycles. The number of aliphatic hydroxyl groups excluding tert-OH is 2. The number of aliphatic hydroxyl groups is 2. The first-order valence-corrected chi connectivity index (χ1v) is 8.60. The average Bonchev–Trinajstić information content (AvgIpc) is 2.89. The molecule has 0 bridgehead atoms. The van der Waals surface area contributed by atoms with Gasteiger partial charge in [0.25, 0.3) is 0 Å². The summed E-state index contributed by atoms with van der Waals surface area (Å²) in [4.78, 5) is 7.12. The first-order valence-electron chi connectivity index (χ1n) is 8.22. The van der Waals surface area contributed by atoms with E-state index in [2.05, 4.69) is 17.0 Å². The van der Waals surface area contributed by atoms with Gasteiger partial charge in [-0.3, -0.25) is 9.88 Å². The molecule has 0 amide bonds. The molecule has 0 spiro atoms. The second kappa shape index (κ2) is 6.02. The maximum atomic E-state index is 9.85.